The van der Waals surface area contributed by atoms with Gasteiger partial charge < -0.3 is 4.74 Å². The van der Waals surface area contributed by atoms with Gasteiger partial charge in [-0.1, -0.05) is 35.3 Å². The molecule has 3 aromatic carbocycles. The molecule has 162 valence electrons. The summed E-state index contributed by atoms with van der Waals surface area (Å²) in [7, 11) is 0. The molecule has 0 saturated carbocycles. The molecular weight excluding hydrogens is 695 g/mol. The van der Waals surface area contributed by atoms with Gasteiger partial charge in [-0.3, -0.25) is 9.59 Å². The molecule has 9 heteroatoms. The molecule has 32 heavy (non-hydrogen) atoms. The summed E-state index contributed by atoms with van der Waals surface area (Å²) < 4.78 is 7.83. The zero-order chi connectivity index (χ0) is 22.8. The van der Waals surface area contributed by atoms with Crippen molar-refractivity contribution >= 4 is 103 Å². The molecule has 1 fully saturated rings. The minimum atomic E-state index is -0.351. The summed E-state index contributed by atoms with van der Waals surface area (Å²) in [5, 5.41) is 0.886. The number of nitrogens with zero attached hydrogens (tertiary/aromatic N) is 1. The number of carbonyl (C=O) groups is 2. The highest BCUT2D eigenvalue weighted by atomic mass is 127. The molecule has 2 amide bonds. The maximum absolute atomic E-state index is 12.9. The maximum Gasteiger partial charge on any atom is 0.298 e. The third-order valence-electron chi connectivity index (χ3n) is 4.49. The Morgan fingerprint density at radius 3 is 2.06 bits per heavy atom. The summed E-state index contributed by atoms with van der Waals surface area (Å²) in [6.45, 7) is 0.419. The van der Waals surface area contributed by atoms with Crippen LogP contribution in [0.5, 0.6) is 5.75 Å². The number of imide groups is 1. The number of hydrogen-bond acceptors (Lipinski definition) is 4. The van der Waals surface area contributed by atoms with Crippen LogP contribution in [0.3, 0.4) is 0 Å². The predicted octanol–water partition coefficient (Wildman–Crippen LogP) is 8.02. The molecule has 0 atom stereocenters. The standard InChI is InChI=1S/C23H13Cl2I2NO3S/c24-15-3-1-13(2-4-15)12-31-21-18(26)9-14(10-19(21)27)11-20-22(29)28(23(30)32-20)17-7-5-16(25)6-8-17/h1-11H,12H2/b20-11+. The predicted molar refractivity (Wildman–Crippen MR) is 148 cm³/mol. The number of amides is 2. The van der Waals surface area contributed by atoms with Crippen LogP contribution in [0.25, 0.3) is 6.08 Å². The number of hydrogen-bond donors (Lipinski definition) is 0. The molecule has 0 unspecified atom stereocenters. The lowest BCUT2D eigenvalue weighted by atomic mass is 10.2. The third-order valence-corrected chi connectivity index (χ3v) is 7.47. The van der Waals surface area contributed by atoms with Gasteiger partial charge in [-0.25, -0.2) is 4.90 Å². The molecule has 0 spiro atoms. The van der Waals surface area contributed by atoms with Crippen LogP contribution in [0, 0.1) is 7.14 Å². The Morgan fingerprint density at radius 2 is 1.47 bits per heavy atom. The van der Waals surface area contributed by atoms with E-state index in [1.54, 1.807) is 30.3 Å². The van der Waals surface area contributed by atoms with Crippen LogP contribution in [0.1, 0.15) is 11.1 Å². The van der Waals surface area contributed by atoms with Gasteiger partial charge in [0, 0.05) is 10.0 Å². The van der Waals surface area contributed by atoms with Gasteiger partial charge in [0.2, 0.25) is 0 Å². The van der Waals surface area contributed by atoms with E-state index in [1.165, 1.54) is 0 Å². The van der Waals surface area contributed by atoms with E-state index < -0.39 is 0 Å². The van der Waals surface area contributed by atoms with Crippen LogP contribution in [0.15, 0.2) is 65.6 Å². The fourth-order valence-corrected chi connectivity index (χ4v) is 6.19. The first-order chi connectivity index (χ1) is 15.3. The first-order valence-corrected chi connectivity index (χ1v) is 12.9. The normalized spacial score (nSPS) is 15.0. The first kappa shape index (κ1) is 23.9. The summed E-state index contributed by atoms with van der Waals surface area (Å²) >= 11 is 17.2. The number of anilines is 1. The summed E-state index contributed by atoms with van der Waals surface area (Å²) in [5.74, 6) is 0.419. The van der Waals surface area contributed by atoms with Crippen LogP contribution >= 0.6 is 80.1 Å². The highest BCUT2D eigenvalue weighted by molar-refractivity contribution is 14.1. The number of benzene rings is 3. The molecule has 0 N–H and O–H groups in total. The van der Waals surface area contributed by atoms with Gasteiger partial charge in [0.15, 0.2) is 0 Å². The maximum atomic E-state index is 12.9. The van der Waals surface area contributed by atoms with Gasteiger partial charge in [-0.05, 0) is 123 Å². The molecule has 3 aromatic rings. The Bertz CT molecular complexity index is 1210. The van der Waals surface area contributed by atoms with Crippen molar-refractivity contribution in [2.24, 2.45) is 0 Å². The van der Waals surface area contributed by atoms with Gasteiger partial charge >= 0.3 is 0 Å². The van der Waals surface area contributed by atoms with E-state index in [-0.39, 0.29) is 11.1 Å². The first-order valence-electron chi connectivity index (χ1n) is 9.21. The molecule has 0 bridgehead atoms. The molecule has 0 aromatic heterocycles. The molecule has 4 rings (SSSR count). The van der Waals surface area contributed by atoms with Gasteiger partial charge in [-0.2, -0.15) is 0 Å². The number of rotatable bonds is 5. The van der Waals surface area contributed by atoms with Crippen LogP contribution in [0.4, 0.5) is 10.5 Å². The monoisotopic (exact) mass is 707 g/mol. The van der Waals surface area contributed by atoms with Crippen LogP contribution in [-0.4, -0.2) is 11.1 Å². The second-order valence-corrected chi connectivity index (χ2v) is 10.9. The van der Waals surface area contributed by atoms with Gasteiger partial charge in [0.1, 0.15) is 12.4 Å². The van der Waals surface area contributed by atoms with Crippen molar-refractivity contribution in [1.29, 1.82) is 0 Å². The Hall–Kier alpha value is -1.27. The fourth-order valence-electron chi connectivity index (χ4n) is 2.97. The van der Waals surface area contributed by atoms with E-state index in [0.717, 1.165) is 40.7 Å². The topological polar surface area (TPSA) is 46.6 Å². The minimum Gasteiger partial charge on any atom is -0.487 e. The number of thioether (sulfide) groups is 1. The fraction of sp³-hybridized carbons (Fsp3) is 0.0435. The number of halogens is 4. The Kier molecular flexibility index (Phi) is 7.71. The third kappa shape index (κ3) is 5.44. The van der Waals surface area contributed by atoms with E-state index in [2.05, 4.69) is 45.2 Å². The second kappa shape index (κ2) is 10.3. The lowest BCUT2D eigenvalue weighted by Crippen LogP contribution is -2.27. The average Bonchev–Trinajstić information content (AvgIpc) is 3.02. The smallest absolute Gasteiger partial charge is 0.298 e. The Labute approximate surface area is 226 Å². The quantitative estimate of drug-likeness (QED) is 0.199. The molecule has 1 aliphatic heterocycles. The van der Waals surface area contributed by atoms with Crippen molar-refractivity contribution in [2.75, 3.05) is 4.90 Å². The van der Waals surface area contributed by atoms with Crippen molar-refractivity contribution in [3.05, 3.63) is 93.9 Å². The largest absolute Gasteiger partial charge is 0.487 e. The SMILES string of the molecule is O=C1S/C(=C/c2cc(I)c(OCc3ccc(Cl)cc3)c(I)c2)C(=O)N1c1ccc(Cl)cc1. The van der Waals surface area contributed by atoms with E-state index >= 15 is 0 Å². The molecule has 0 radical (unpaired) electrons. The van der Waals surface area contributed by atoms with E-state index in [0.29, 0.717) is 27.2 Å². The summed E-state index contributed by atoms with van der Waals surface area (Å²) in [4.78, 5) is 26.9. The summed E-state index contributed by atoms with van der Waals surface area (Å²) in [5.41, 5.74) is 2.33. The van der Waals surface area contributed by atoms with Crippen LogP contribution in [0.2, 0.25) is 10.0 Å². The van der Waals surface area contributed by atoms with Crippen molar-refractivity contribution in [3.8, 4) is 5.75 Å². The average molecular weight is 708 g/mol. The van der Waals surface area contributed by atoms with E-state index in [4.69, 9.17) is 27.9 Å². The van der Waals surface area contributed by atoms with Crippen molar-refractivity contribution in [2.45, 2.75) is 6.61 Å². The van der Waals surface area contributed by atoms with E-state index in [9.17, 15) is 9.59 Å². The second-order valence-electron chi connectivity index (χ2n) is 6.72. The highest BCUT2D eigenvalue weighted by Crippen LogP contribution is 2.37. The van der Waals surface area contributed by atoms with Gasteiger partial charge in [0.05, 0.1) is 17.7 Å². The molecule has 1 saturated heterocycles. The molecule has 4 nitrogen and oxygen atoms in total. The Morgan fingerprint density at radius 1 is 0.906 bits per heavy atom. The highest BCUT2D eigenvalue weighted by Gasteiger charge is 2.36. The number of carbonyl (C=O) groups excluding carboxylic acids is 2. The molecule has 1 heterocycles. The summed E-state index contributed by atoms with van der Waals surface area (Å²) in [6, 6.07) is 18.0. The Balaban J connectivity index is 1.54. The zero-order valence-corrected chi connectivity index (χ0v) is 22.8. The van der Waals surface area contributed by atoms with Crippen molar-refractivity contribution in [3.63, 3.8) is 0 Å². The van der Waals surface area contributed by atoms with Crippen LogP contribution < -0.4 is 9.64 Å². The van der Waals surface area contributed by atoms with Crippen molar-refractivity contribution in [1.82, 2.24) is 0 Å². The van der Waals surface area contributed by atoms with Gasteiger partial charge in [-0.15, -0.1) is 0 Å². The van der Waals surface area contributed by atoms with Crippen molar-refractivity contribution < 1.29 is 14.3 Å². The molecule has 0 aliphatic carbocycles. The number of ether oxygens (including phenoxy) is 1. The molecule has 1 aliphatic rings. The summed E-state index contributed by atoms with van der Waals surface area (Å²) in [6.07, 6.45) is 1.73. The molecular formula is C23H13Cl2I2NO3S. The van der Waals surface area contributed by atoms with Crippen LogP contribution in [-0.2, 0) is 11.4 Å². The lowest BCUT2D eigenvalue weighted by molar-refractivity contribution is -0.113. The van der Waals surface area contributed by atoms with Gasteiger partial charge in [0.25, 0.3) is 11.1 Å². The zero-order valence-electron chi connectivity index (χ0n) is 16.2. The van der Waals surface area contributed by atoms with E-state index in [1.807, 2.05) is 36.4 Å². The lowest BCUT2D eigenvalue weighted by Gasteiger charge is -2.12. The minimum absolute atomic E-state index is 0.337.